The van der Waals surface area contributed by atoms with E-state index in [2.05, 4.69) is 17.4 Å². The molecule has 5 aliphatic rings. The minimum Gasteiger partial charge on any atom is -0.390 e. The van der Waals surface area contributed by atoms with Gasteiger partial charge in [0.2, 0.25) is 11.0 Å². The highest BCUT2D eigenvalue weighted by molar-refractivity contribution is 8.14. The third-order valence-electron chi connectivity index (χ3n) is 10.7. The Kier molecular flexibility index (Phi) is 7.18. The third-order valence-corrected chi connectivity index (χ3v) is 11.9. The first-order chi connectivity index (χ1) is 19.8. The van der Waals surface area contributed by atoms with E-state index < -0.39 is 57.9 Å². The van der Waals surface area contributed by atoms with E-state index in [1.807, 2.05) is 6.92 Å². The number of carbonyl (C=O) groups excluding carboxylic acids is 3. The molecule has 1 heterocycles. The van der Waals surface area contributed by atoms with Crippen LogP contribution in [0.4, 0.5) is 8.78 Å². The maximum atomic E-state index is 17.6. The molecule has 9 atom stereocenters. The lowest BCUT2D eigenvalue weighted by Crippen LogP contribution is -2.70. The zero-order valence-corrected chi connectivity index (χ0v) is 25.2. The number of ketones is 1. The number of hydrogen-bond acceptors (Lipinski definition) is 7. The lowest BCUT2D eigenvalue weighted by molar-refractivity contribution is -0.266. The normalized spacial score (nSPS) is 42.1. The molecule has 9 unspecified atom stereocenters. The summed E-state index contributed by atoms with van der Waals surface area (Å²) in [5, 5.41) is 16.0. The lowest BCUT2D eigenvalue weighted by Gasteiger charge is -2.63. The van der Waals surface area contributed by atoms with Gasteiger partial charge in [0.15, 0.2) is 17.1 Å². The number of fused-ring (bicyclic) bond motifs is 7. The second kappa shape index (κ2) is 10.1. The van der Waals surface area contributed by atoms with Crippen molar-refractivity contribution in [2.45, 2.75) is 63.2 Å². The van der Waals surface area contributed by atoms with Crippen LogP contribution in [0.2, 0.25) is 5.02 Å². The van der Waals surface area contributed by atoms with Crippen molar-refractivity contribution in [1.29, 1.82) is 0 Å². The van der Waals surface area contributed by atoms with E-state index in [0.717, 1.165) is 17.3 Å². The van der Waals surface area contributed by atoms with Crippen molar-refractivity contribution in [3.05, 3.63) is 58.7 Å². The highest BCUT2D eigenvalue weighted by Gasteiger charge is 2.79. The van der Waals surface area contributed by atoms with Crippen LogP contribution in [0.3, 0.4) is 0 Å². The smallest absolute Gasteiger partial charge is 0.230 e. The summed E-state index contributed by atoms with van der Waals surface area (Å²) in [4.78, 5) is 45.0. The summed E-state index contributed by atoms with van der Waals surface area (Å²) in [6, 6.07) is 9.28. The van der Waals surface area contributed by atoms with Gasteiger partial charge in [-0.05, 0) is 68.0 Å². The Morgan fingerprint density at radius 1 is 1.26 bits per heavy atom. The highest BCUT2D eigenvalue weighted by atomic mass is 35.5. The molecule has 6 rings (SSSR count). The Labute approximate surface area is 253 Å². The van der Waals surface area contributed by atoms with Crippen molar-refractivity contribution in [3.63, 3.8) is 0 Å². The van der Waals surface area contributed by atoms with Crippen LogP contribution < -0.4 is 5.32 Å². The molecule has 0 aromatic heterocycles. The van der Waals surface area contributed by atoms with Gasteiger partial charge >= 0.3 is 0 Å². The molecule has 1 aliphatic heterocycles. The summed E-state index contributed by atoms with van der Waals surface area (Å²) >= 11 is 6.82. The Morgan fingerprint density at radius 3 is 2.71 bits per heavy atom. The summed E-state index contributed by atoms with van der Waals surface area (Å²) in [7, 11) is 1.49. The van der Waals surface area contributed by atoms with Crippen molar-refractivity contribution in [3.8, 4) is 0 Å². The zero-order chi connectivity index (χ0) is 30.2. The molecule has 0 bridgehead atoms. The molecule has 42 heavy (non-hydrogen) atoms. The van der Waals surface area contributed by atoms with Crippen molar-refractivity contribution < 1.29 is 33.1 Å². The first kappa shape index (κ1) is 29.8. The first-order valence-electron chi connectivity index (χ1n) is 14.2. The number of hydroxylamine groups is 2. The Morgan fingerprint density at radius 2 is 2.02 bits per heavy atom. The number of amides is 1. The van der Waals surface area contributed by atoms with Gasteiger partial charge in [-0.1, -0.05) is 42.4 Å². The number of carbonyl (C=O) groups is 3. The molecule has 224 valence electrons. The van der Waals surface area contributed by atoms with E-state index >= 15 is 8.78 Å². The average Bonchev–Trinajstić information content (AvgIpc) is 3.43. The van der Waals surface area contributed by atoms with Gasteiger partial charge in [-0.2, -0.15) is 5.06 Å². The van der Waals surface area contributed by atoms with E-state index in [4.69, 9.17) is 16.4 Å². The Balaban J connectivity index is 1.39. The fraction of sp³-hybridized carbons (Fsp3) is 0.581. The van der Waals surface area contributed by atoms with E-state index in [0.29, 0.717) is 18.0 Å². The van der Waals surface area contributed by atoms with Crippen molar-refractivity contribution >= 4 is 40.2 Å². The number of alkyl halides is 2. The number of rotatable bonds is 5. The standard InChI is InChI=1S/C31H33ClF2N2O5S/c1-28-9-8-20(37)11-23(28)24(33)12-22-21-10-18-15-36(14-17-4-6-19(32)7-5-17)41-31(18,27(40)42-16-26(39)35-3)29(21,2)13-25(38)30(22,28)34/h4,6,8-9,11,18,21-22,24-25,38H,10,12-16H2,1-3H3,(H,35,39). The van der Waals surface area contributed by atoms with Crippen LogP contribution in [0.25, 0.3) is 0 Å². The van der Waals surface area contributed by atoms with Crippen LogP contribution in [-0.4, -0.2) is 69.9 Å². The molecule has 1 aromatic carbocycles. The molecule has 4 aliphatic carbocycles. The summed E-state index contributed by atoms with van der Waals surface area (Å²) in [5.41, 5.74) is -5.52. The second-order valence-electron chi connectivity index (χ2n) is 12.6. The molecule has 7 nitrogen and oxygen atoms in total. The number of aliphatic hydroxyl groups is 1. The Bertz CT molecular complexity index is 1390. The molecule has 1 amide bonds. The Hall–Kier alpha value is -2.29. The maximum Gasteiger partial charge on any atom is 0.230 e. The van der Waals surface area contributed by atoms with Crippen LogP contribution in [0.5, 0.6) is 0 Å². The van der Waals surface area contributed by atoms with Gasteiger partial charge in [-0.25, -0.2) is 8.78 Å². The van der Waals surface area contributed by atoms with Crippen LogP contribution in [0.15, 0.2) is 35.9 Å². The van der Waals surface area contributed by atoms with E-state index in [1.54, 1.807) is 24.1 Å². The van der Waals surface area contributed by atoms with Crippen LogP contribution in [-0.2, 0) is 25.8 Å². The number of aliphatic hydroxyl groups excluding tert-OH is 1. The van der Waals surface area contributed by atoms with Crippen molar-refractivity contribution in [2.75, 3.05) is 19.3 Å². The quantitative estimate of drug-likeness (QED) is 0.516. The van der Waals surface area contributed by atoms with E-state index in [1.165, 1.54) is 25.3 Å². The molecular formula is C31H33ClF2N2O5S. The minimum atomic E-state index is -2.26. The number of nitrogens with zero attached hydrogens (tertiary/aromatic N) is 1. The van der Waals surface area contributed by atoms with Crippen LogP contribution in [0.1, 0.15) is 38.7 Å². The van der Waals surface area contributed by atoms with Gasteiger partial charge in [0, 0.05) is 41.8 Å². The number of nitrogens with one attached hydrogen (secondary N) is 1. The first-order valence-corrected chi connectivity index (χ1v) is 15.5. The number of hydrogen-bond donors (Lipinski definition) is 2. The van der Waals surface area contributed by atoms with Crippen LogP contribution in [0, 0.1) is 40.7 Å². The van der Waals surface area contributed by atoms with E-state index in [9.17, 15) is 19.5 Å². The SMILES string of the molecule is CNC(=O)CSC(=O)C12ON(Cc3c#cc(Cl)cc3)CC1CC1C3CC(F)C4=CC(=O)C=CC4(C)C3(F)C(O)CC12C. The molecule has 0 spiro atoms. The fourth-order valence-corrected chi connectivity index (χ4v) is 9.91. The predicted octanol–water partition coefficient (Wildman–Crippen LogP) is 3.98. The molecule has 1 aromatic rings. The van der Waals surface area contributed by atoms with Gasteiger partial charge in [-0.15, -0.1) is 0 Å². The van der Waals surface area contributed by atoms with Gasteiger partial charge in [0.25, 0.3) is 0 Å². The number of halogens is 3. The van der Waals surface area contributed by atoms with Gasteiger partial charge in [0.1, 0.15) is 6.17 Å². The summed E-state index contributed by atoms with van der Waals surface area (Å²) in [6.07, 6.45) is 0.742. The highest BCUT2D eigenvalue weighted by Crippen LogP contribution is 2.73. The van der Waals surface area contributed by atoms with Crippen molar-refractivity contribution in [2.24, 2.45) is 28.6 Å². The largest absolute Gasteiger partial charge is 0.390 e. The van der Waals surface area contributed by atoms with Gasteiger partial charge < -0.3 is 10.4 Å². The van der Waals surface area contributed by atoms with Gasteiger partial charge in [-0.3, -0.25) is 19.2 Å². The molecular weight excluding hydrogens is 586 g/mol. The van der Waals surface area contributed by atoms with Crippen LogP contribution >= 0.6 is 23.4 Å². The lowest BCUT2D eigenvalue weighted by atomic mass is 9.44. The molecule has 0 radical (unpaired) electrons. The maximum absolute atomic E-state index is 17.6. The zero-order valence-electron chi connectivity index (χ0n) is 23.6. The van der Waals surface area contributed by atoms with E-state index in [-0.39, 0.29) is 41.7 Å². The fourth-order valence-electron chi connectivity index (χ4n) is 8.75. The summed E-state index contributed by atoms with van der Waals surface area (Å²) < 4.78 is 33.4. The minimum absolute atomic E-state index is 0.0555. The monoisotopic (exact) mass is 618 g/mol. The summed E-state index contributed by atoms with van der Waals surface area (Å²) in [5.74, 6) is -2.68. The molecule has 1 saturated heterocycles. The number of allylic oxidation sites excluding steroid dienone is 4. The van der Waals surface area contributed by atoms with Gasteiger partial charge in [0.05, 0.1) is 23.4 Å². The molecule has 2 N–H and O–H groups in total. The molecule has 4 fully saturated rings. The summed E-state index contributed by atoms with van der Waals surface area (Å²) in [6.45, 7) is 4.02. The molecule has 3 saturated carbocycles. The number of thioether (sulfide) groups is 1. The third kappa shape index (κ3) is 4.00. The predicted molar refractivity (Wildman–Crippen MR) is 152 cm³/mol. The topological polar surface area (TPSA) is 95.9 Å². The average molecular weight is 619 g/mol. The second-order valence-corrected chi connectivity index (χ2v) is 14.0. The molecule has 11 heteroatoms. The van der Waals surface area contributed by atoms with Crippen molar-refractivity contribution in [1.82, 2.24) is 10.4 Å².